The van der Waals surface area contributed by atoms with Gasteiger partial charge in [0.05, 0.1) is 18.5 Å². The topological polar surface area (TPSA) is 113 Å². The van der Waals surface area contributed by atoms with Crippen molar-refractivity contribution in [2.75, 3.05) is 0 Å². The average molecular weight is 413 g/mol. The number of aliphatic hydroxyl groups is 1. The molecule has 4 N–H and O–H groups in total. The van der Waals surface area contributed by atoms with Gasteiger partial charge in [-0.3, -0.25) is 4.98 Å². The number of amidine groups is 2. The number of rotatable bonds is 4. The van der Waals surface area contributed by atoms with Crippen molar-refractivity contribution in [3.8, 4) is 0 Å². The molecule has 0 radical (unpaired) electrons. The molecular formula is C22H29FN6O. The van der Waals surface area contributed by atoms with Gasteiger partial charge in [-0.25, -0.2) is 19.4 Å². The Hall–Kier alpha value is -3.39. The highest BCUT2D eigenvalue weighted by Gasteiger charge is 2.13. The van der Waals surface area contributed by atoms with Gasteiger partial charge < -0.3 is 15.8 Å². The molecule has 160 valence electrons. The van der Waals surface area contributed by atoms with Crippen LogP contribution in [0.1, 0.15) is 50.3 Å². The summed E-state index contributed by atoms with van der Waals surface area (Å²) in [5.41, 5.74) is 8.41. The van der Waals surface area contributed by atoms with Crippen molar-refractivity contribution in [1.82, 2.24) is 15.0 Å². The van der Waals surface area contributed by atoms with E-state index in [0.717, 1.165) is 11.9 Å². The van der Waals surface area contributed by atoms with Crippen molar-refractivity contribution in [3.05, 3.63) is 77.4 Å². The highest BCUT2D eigenvalue weighted by Crippen LogP contribution is 2.19. The van der Waals surface area contributed by atoms with Crippen LogP contribution in [0, 0.1) is 12.7 Å². The largest absolute Gasteiger partial charge is 0.392 e. The summed E-state index contributed by atoms with van der Waals surface area (Å²) in [5, 5.41) is 9.51. The maximum absolute atomic E-state index is 14.0. The van der Waals surface area contributed by atoms with Crippen LogP contribution in [0.3, 0.4) is 0 Å². The quantitative estimate of drug-likeness (QED) is 0.438. The van der Waals surface area contributed by atoms with E-state index in [9.17, 15) is 9.50 Å². The van der Waals surface area contributed by atoms with Gasteiger partial charge in [-0.05, 0) is 31.2 Å². The number of aromatic amines is 1. The van der Waals surface area contributed by atoms with Crippen LogP contribution in [-0.4, -0.2) is 31.7 Å². The molecule has 0 aliphatic carbocycles. The summed E-state index contributed by atoms with van der Waals surface area (Å²) >= 11 is 0. The monoisotopic (exact) mass is 412 g/mol. The molecule has 3 aromatic rings. The van der Waals surface area contributed by atoms with Gasteiger partial charge in [0.2, 0.25) is 0 Å². The SMILES string of the molecule is CC.CC.Cc1cccc(C(N)=NC(=Nc2ccncc2F)c2[nH]ccc2CO)n1. The van der Waals surface area contributed by atoms with Gasteiger partial charge in [-0.2, -0.15) is 0 Å². The predicted octanol–water partition coefficient (Wildman–Crippen LogP) is 4.28. The Kier molecular flexibility index (Phi) is 10.6. The van der Waals surface area contributed by atoms with Crippen molar-refractivity contribution in [3.63, 3.8) is 0 Å². The minimum Gasteiger partial charge on any atom is -0.392 e. The number of aliphatic hydroxyl groups excluding tert-OH is 1. The zero-order valence-electron chi connectivity index (χ0n) is 18.0. The summed E-state index contributed by atoms with van der Waals surface area (Å²) in [6.07, 6.45) is 4.12. The highest BCUT2D eigenvalue weighted by molar-refractivity contribution is 6.10. The van der Waals surface area contributed by atoms with Crippen LogP contribution in [-0.2, 0) is 6.61 Å². The molecule has 0 unspecified atom stereocenters. The first-order valence-electron chi connectivity index (χ1n) is 9.82. The number of H-pyrrole nitrogens is 1. The maximum atomic E-state index is 14.0. The van der Waals surface area contributed by atoms with Crippen LogP contribution >= 0.6 is 0 Å². The van der Waals surface area contributed by atoms with Gasteiger partial charge in [-0.1, -0.05) is 33.8 Å². The summed E-state index contributed by atoms with van der Waals surface area (Å²) < 4.78 is 14.0. The third-order valence-corrected chi connectivity index (χ3v) is 3.58. The molecule has 0 aromatic carbocycles. The van der Waals surface area contributed by atoms with Crippen molar-refractivity contribution < 1.29 is 9.50 Å². The standard InChI is InChI=1S/C18H17FN6O.2C2H6/c1-11-3-2-4-15(23-11)17(20)25-18(16-12(10-26)5-8-22-16)24-14-6-7-21-9-13(14)19;2*1-2/h2-9,22,26H,10H2,1H3,(H2,20,21,24,25);2*1-2H3. The molecule has 3 rings (SSSR count). The first-order chi connectivity index (χ1) is 14.6. The van der Waals surface area contributed by atoms with Crippen molar-refractivity contribution >= 4 is 17.4 Å². The number of nitrogens with zero attached hydrogens (tertiary/aromatic N) is 4. The number of hydrogen-bond acceptors (Lipinski definition) is 4. The second-order valence-electron chi connectivity index (χ2n) is 5.46. The lowest BCUT2D eigenvalue weighted by atomic mass is 10.2. The number of hydrogen-bond donors (Lipinski definition) is 3. The van der Waals surface area contributed by atoms with E-state index in [2.05, 4.69) is 24.9 Å². The number of aliphatic imine (C=N–C) groups is 2. The van der Waals surface area contributed by atoms with Crippen LogP contribution in [0.4, 0.5) is 10.1 Å². The molecule has 0 amide bonds. The number of nitrogens with one attached hydrogen (secondary N) is 1. The lowest BCUT2D eigenvalue weighted by molar-refractivity contribution is 0.282. The average Bonchev–Trinajstić information content (AvgIpc) is 3.26. The van der Waals surface area contributed by atoms with E-state index >= 15 is 0 Å². The van der Waals surface area contributed by atoms with Gasteiger partial charge in [0, 0.05) is 23.7 Å². The van der Waals surface area contributed by atoms with E-state index < -0.39 is 5.82 Å². The van der Waals surface area contributed by atoms with E-state index in [0.29, 0.717) is 17.0 Å². The Balaban J connectivity index is 0.00000106. The summed E-state index contributed by atoms with van der Waals surface area (Å²) in [6.45, 7) is 9.61. The molecule has 0 aliphatic heterocycles. The molecule has 3 aromatic heterocycles. The summed E-state index contributed by atoms with van der Waals surface area (Å²) in [5.74, 6) is -0.338. The van der Waals surface area contributed by atoms with Gasteiger partial charge in [0.1, 0.15) is 11.4 Å². The summed E-state index contributed by atoms with van der Waals surface area (Å²) in [4.78, 5) is 19.6. The molecule has 0 bridgehead atoms. The zero-order valence-corrected chi connectivity index (χ0v) is 18.0. The highest BCUT2D eigenvalue weighted by atomic mass is 19.1. The maximum Gasteiger partial charge on any atom is 0.179 e. The van der Waals surface area contributed by atoms with Crippen LogP contribution in [0.5, 0.6) is 0 Å². The number of aryl methyl sites for hydroxylation is 1. The second kappa shape index (κ2) is 12.9. The summed E-state index contributed by atoms with van der Waals surface area (Å²) in [6, 6.07) is 8.48. The van der Waals surface area contributed by atoms with E-state index in [1.54, 1.807) is 18.3 Å². The molecular weight excluding hydrogens is 383 g/mol. The Bertz CT molecular complexity index is 981. The zero-order chi connectivity index (χ0) is 22.5. The third kappa shape index (κ3) is 6.59. The Labute approximate surface area is 176 Å². The predicted molar refractivity (Wildman–Crippen MR) is 120 cm³/mol. The fourth-order valence-electron chi connectivity index (χ4n) is 2.31. The number of halogens is 1. The Morgan fingerprint density at radius 2 is 1.90 bits per heavy atom. The van der Waals surface area contributed by atoms with E-state index in [1.807, 2.05) is 46.8 Å². The van der Waals surface area contributed by atoms with Crippen LogP contribution in [0.15, 0.2) is 58.9 Å². The first-order valence-corrected chi connectivity index (χ1v) is 9.82. The van der Waals surface area contributed by atoms with Crippen molar-refractivity contribution in [2.45, 2.75) is 41.2 Å². The van der Waals surface area contributed by atoms with Gasteiger partial charge >= 0.3 is 0 Å². The molecule has 0 saturated carbocycles. The molecule has 30 heavy (non-hydrogen) atoms. The molecule has 8 heteroatoms. The first kappa shape index (κ1) is 24.6. The molecule has 7 nitrogen and oxygen atoms in total. The number of nitrogens with two attached hydrogens (primary N) is 1. The minimum atomic E-state index is -0.593. The fourth-order valence-corrected chi connectivity index (χ4v) is 2.31. The Morgan fingerprint density at radius 3 is 2.53 bits per heavy atom. The Morgan fingerprint density at radius 1 is 1.17 bits per heavy atom. The van der Waals surface area contributed by atoms with Gasteiger partial charge in [0.25, 0.3) is 0 Å². The smallest absolute Gasteiger partial charge is 0.179 e. The van der Waals surface area contributed by atoms with Crippen molar-refractivity contribution in [2.24, 2.45) is 15.7 Å². The van der Waals surface area contributed by atoms with E-state index in [-0.39, 0.29) is 24.0 Å². The molecule has 3 heterocycles. The molecule has 0 fully saturated rings. The van der Waals surface area contributed by atoms with Crippen LogP contribution in [0.25, 0.3) is 0 Å². The summed E-state index contributed by atoms with van der Waals surface area (Å²) in [7, 11) is 0. The lowest BCUT2D eigenvalue weighted by Gasteiger charge is -2.06. The van der Waals surface area contributed by atoms with Gasteiger partial charge in [0.15, 0.2) is 17.5 Å². The van der Waals surface area contributed by atoms with E-state index in [4.69, 9.17) is 5.73 Å². The molecule has 0 saturated heterocycles. The third-order valence-electron chi connectivity index (χ3n) is 3.58. The molecule has 0 atom stereocenters. The van der Waals surface area contributed by atoms with Gasteiger partial charge in [-0.15, -0.1) is 0 Å². The number of aromatic nitrogens is 3. The molecule has 0 aliphatic rings. The lowest BCUT2D eigenvalue weighted by Crippen LogP contribution is -2.18. The fraction of sp³-hybridized carbons (Fsp3) is 0.273. The minimum absolute atomic E-state index is 0.0576. The second-order valence-corrected chi connectivity index (χ2v) is 5.46. The van der Waals surface area contributed by atoms with Crippen molar-refractivity contribution in [1.29, 1.82) is 0 Å². The van der Waals surface area contributed by atoms with Crippen LogP contribution < -0.4 is 5.73 Å². The molecule has 0 spiro atoms. The van der Waals surface area contributed by atoms with E-state index in [1.165, 1.54) is 12.3 Å². The normalized spacial score (nSPS) is 11.2. The number of pyridine rings is 2. The van der Waals surface area contributed by atoms with Crippen LogP contribution in [0.2, 0.25) is 0 Å².